The Bertz CT molecular complexity index is 916. The SMILES string of the molecule is CCOC(=O)C1CCCN(C(=O)CN(C)C(=O)c2ccccc2Nc2ccccc2)C1. The Hall–Kier alpha value is -3.35. The van der Waals surface area contributed by atoms with Crippen molar-refractivity contribution >= 4 is 29.2 Å². The van der Waals surface area contributed by atoms with Gasteiger partial charge in [0.15, 0.2) is 0 Å². The van der Waals surface area contributed by atoms with E-state index < -0.39 is 0 Å². The second-order valence-electron chi connectivity index (χ2n) is 7.63. The zero-order chi connectivity index (χ0) is 22.2. The quantitative estimate of drug-likeness (QED) is 0.692. The lowest BCUT2D eigenvalue weighted by molar-refractivity contribution is -0.151. The second-order valence-corrected chi connectivity index (χ2v) is 7.63. The van der Waals surface area contributed by atoms with Crippen molar-refractivity contribution in [2.45, 2.75) is 19.8 Å². The summed E-state index contributed by atoms with van der Waals surface area (Å²) in [6.45, 7) is 2.98. The van der Waals surface area contributed by atoms with Crippen molar-refractivity contribution < 1.29 is 19.1 Å². The molecule has 7 nitrogen and oxygen atoms in total. The van der Waals surface area contributed by atoms with Crippen LogP contribution in [0.1, 0.15) is 30.1 Å². The summed E-state index contributed by atoms with van der Waals surface area (Å²) in [5.74, 6) is -0.968. The van der Waals surface area contributed by atoms with E-state index in [4.69, 9.17) is 4.74 Å². The normalized spacial score (nSPS) is 15.8. The Balaban J connectivity index is 1.64. The molecule has 164 valence electrons. The molecule has 0 radical (unpaired) electrons. The first-order chi connectivity index (χ1) is 15.0. The average molecular weight is 424 g/mol. The van der Waals surface area contributed by atoms with Crippen molar-refractivity contribution in [1.82, 2.24) is 9.80 Å². The molecule has 0 bridgehead atoms. The third kappa shape index (κ3) is 5.84. The second kappa shape index (κ2) is 10.6. The highest BCUT2D eigenvalue weighted by atomic mass is 16.5. The van der Waals surface area contributed by atoms with E-state index in [9.17, 15) is 14.4 Å². The number of carbonyl (C=O) groups is 3. The van der Waals surface area contributed by atoms with Crippen LogP contribution in [0.15, 0.2) is 54.6 Å². The predicted molar refractivity (Wildman–Crippen MR) is 119 cm³/mol. The molecule has 1 saturated heterocycles. The highest BCUT2D eigenvalue weighted by molar-refractivity contribution is 6.01. The maximum absolute atomic E-state index is 13.1. The van der Waals surface area contributed by atoms with Crippen LogP contribution in [0, 0.1) is 5.92 Å². The molecule has 0 spiro atoms. The number of benzene rings is 2. The number of likely N-dealkylation sites (tertiary alicyclic amines) is 1. The lowest BCUT2D eigenvalue weighted by Gasteiger charge is -2.32. The number of esters is 1. The van der Waals surface area contributed by atoms with Crippen LogP contribution < -0.4 is 5.32 Å². The topological polar surface area (TPSA) is 79.0 Å². The molecule has 7 heteroatoms. The van der Waals surface area contributed by atoms with Crippen molar-refractivity contribution in [3.63, 3.8) is 0 Å². The number of rotatable bonds is 7. The molecule has 2 amide bonds. The van der Waals surface area contributed by atoms with Crippen molar-refractivity contribution in [2.75, 3.05) is 38.6 Å². The third-order valence-corrected chi connectivity index (χ3v) is 5.32. The van der Waals surface area contributed by atoms with Crippen LogP contribution in [0.5, 0.6) is 0 Å². The Labute approximate surface area is 183 Å². The molecule has 1 atom stereocenters. The first-order valence-corrected chi connectivity index (χ1v) is 10.6. The molecule has 1 aliphatic heterocycles. The Morgan fingerprint density at radius 2 is 1.81 bits per heavy atom. The van der Waals surface area contributed by atoms with Crippen LogP contribution in [0.3, 0.4) is 0 Å². The van der Waals surface area contributed by atoms with Crippen LogP contribution in [0.25, 0.3) is 0 Å². The van der Waals surface area contributed by atoms with Gasteiger partial charge in [0.1, 0.15) is 0 Å². The van der Waals surface area contributed by atoms with Crippen LogP contribution in [-0.2, 0) is 14.3 Å². The summed E-state index contributed by atoms with van der Waals surface area (Å²) in [7, 11) is 1.62. The number of likely N-dealkylation sites (N-methyl/N-ethyl adjacent to an activating group) is 1. The zero-order valence-corrected chi connectivity index (χ0v) is 18.0. The first kappa shape index (κ1) is 22.3. The number of nitrogens with one attached hydrogen (secondary N) is 1. The molecule has 2 aromatic rings. The van der Waals surface area contributed by atoms with Gasteiger partial charge in [0.25, 0.3) is 5.91 Å². The maximum Gasteiger partial charge on any atom is 0.310 e. The molecule has 3 rings (SSSR count). The van der Waals surface area contributed by atoms with E-state index in [0.717, 1.165) is 18.5 Å². The minimum atomic E-state index is -0.297. The minimum Gasteiger partial charge on any atom is -0.466 e. The smallest absolute Gasteiger partial charge is 0.310 e. The zero-order valence-electron chi connectivity index (χ0n) is 18.0. The minimum absolute atomic E-state index is 0.0476. The summed E-state index contributed by atoms with van der Waals surface area (Å²) >= 11 is 0. The number of hydrogen-bond acceptors (Lipinski definition) is 5. The monoisotopic (exact) mass is 423 g/mol. The number of para-hydroxylation sites is 2. The van der Waals surface area contributed by atoms with E-state index in [2.05, 4.69) is 5.32 Å². The maximum atomic E-state index is 13.1. The standard InChI is InChI=1S/C24H29N3O4/c1-3-31-24(30)18-10-9-15-27(16-18)22(28)17-26(2)23(29)20-13-7-8-14-21(20)25-19-11-5-4-6-12-19/h4-8,11-14,18,25H,3,9-10,15-17H2,1-2H3. The van der Waals surface area contributed by atoms with E-state index in [-0.39, 0.29) is 30.2 Å². The van der Waals surface area contributed by atoms with Gasteiger partial charge in [-0.15, -0.1) is 0 Å². The Morgan fingerprint density at radius 1 is 1.10 bits per heavy atom. The highest BCUT2D eigenvalue weighted by Crippen LogP contribution is 2.22. The summed E-state index contributed by atoms with van der Waals surface area (Å²) in [5.41, 5.74) is 2.04. The van der Waals surface area contributed by atoms with Crippen LogP contribution in [0.2, 0.25) is 0 Å². The lowest BCUT2D eigenvalue weighted by Crippen LogP contribution is -2.47. The van der Waals surface area contributed by atoms with Gasteiger partial charge in [-0.3, -0.25) is 14.4 Å². The Morgan fingerprint density at radius 3 is 2.55 bits per heavy atom. The molecule has 31 heavy (non-hydrogen) atoms. The first-order valence-electron chi connectivity index (χ1n) is 10.6. The predicted octanol–water partition coefficient (Wildman–Crippen LogP) is 3.30. The fourth-order valence-electron chi connectivity index (χ4n) is 3.69. The van der Waals surface area contributed by atoms with Gasteiger partial charge in [0, 0.05) is 25.8 Å². The number of nitrogens with zero attached hydrogens (tertiary/aromatic N) is 2. The van der Waals surface area contributed by atoms with Gasteiger partial charge in [0.2, 0.25) is 5.91 Å². The molecule has 0 aromatic heterocycles. The fraction of sp³-hybridized carbons (Fsp3) is 0.375. The lowest BCUT2D eigenvalue weighted by atomic mass is 9.98. The number of carbonyl (C=O) groups excluding carboxylic acids is 3. The third-order valence-electron chi connectivity index (χ3n) is 5.32. The number of ether oxygens (including phenoxy) is 1. The molecule has 2 aromatic carbocycles. The van der Waals surface area contributed by atoms with Crippen molar-refractivity contribution in [1.29, 1.82) is 0 Å². The number of amides is 2. The van der Waals surface area contributed by atoms with Gasteiger partial charge in [-0.05, 0) is 44.0 Å². The average Bonchev–Trinajstić information content (AvgIpc) is 2.80. The van der Waals surface area contributed by atoms with Crippen molar-refractivity contribution in [3.05, 3.63) is 60.2 Å². The molecule has 0 saturated carbocycles. The molecular formula is C24H29N3O4. The molecule has 1 N–H and O–H groups in total. The van der Waals surface area contributed by atoms with Crippen LogP contribution in [-0.4, -0.2) is 60.9 Å². The molecule has 0 aliphatic carbocycles. The van der Waals surface area contributed by atoms with Crippen LogP contribution in [0.4, 0.5) is 11.4 Å². The molecule has 1 fully saturated rings. The molecule has 1 heterocycles. The Kier molecular flexibility index (Phi) is 7.65. The summed E-state index contributed by atoms with van der Waals surface area (Å²) in [6.07, 6.45) is 1.46. The number of hydrogen-bond donors (Lipinski definition) is 1. The molecule has 1 unspecified atom stereocenters. The van der Waals surface area contributed by atoms with Gasteiger partial charge in [-0.25, -0.2) is 0 Å². The van der Waals surface area contributed by atoms with E-state index in [1.54, 1.807) is 31.0 Å². The summed E-state index contributed by atoms with van der Waals surface area (Å²) < 4.78 is 5.10. The van der Waals surface area contributed by atoms with E-state index >= 15 is 0 Å². The number of piperidine rings is 1. The summed E-state index contributed by atoms with van der Waals surface area (Å²) in [6, 6.07) is 16.8. The van der Waals surface area contributed by atoms with E-state index in [1.807, 2.05) is 42.5 Å². The van der Waals surface area contributed by atoms with Crippen molar-refractivity contribution in [2.24, 2.45) is 5.92 Å². The number of anilines is 2. The van der Waals surface area contributed by atoms with Crippen molar-refractivity contribution in [3.8, 4) is 0 Å². The summed E-state index contributed by atoms with van der Waals surface area (Å²) in [5, 5.41) is 3.26. The summed E-state index contributed by atoms with van der Waals surface area (Å²) in [4.78, 5) is 41.0. The van der Waals surface area contributed by atoms with E-state index in [1.165, 1.54) is 4.90 Å². The van der Waals surface area contributed by atoms with Gasteiger partial charge in [-0.1, -0.05) is 30.3 Å². The van der Waals surface area contributed by atoms with Gasteiger partial charge < -0.3 is 19.9 Å². The molecular weight excluding hydrogens is 394 g/mol. The van der Waals surface area contributed by atoms with Gasteiger partial charge in [0.05, 0.1) is 30.3 Å². The van der Waals surface area contributed by atoms with Crippen LogP contribution >= 0.6 is 0 Å². The molecule has 1 aliphatic rings. The van der Waals surface area contributed by atoms with Gasteiger partial charge in [-0.2, -0.15) is 0 Å². The van der Waals surface area contributed by atoms with E-state index in [0.29, 0.717) is 30.9 Å². The highest BCUT2D eigenvalue weighted by Gasteiger charge is 2.30. The largest absolute Gasteiger partial charge is 0.466 e. The fourth-order valence-corrected chi connectivity index (χ4v) is 3.69. The van der Waals surface area contributed by atoms with Gasteiger partial charge >= 0.3 is 5.97 Å².